The summed E-state index contributed by atoms with van der Waals surface area (Å²) in [4.78, 5) is 25.3. The highest BCUT2D eigenvalue weighted by molar-refractivity contribution is 7.18. The predicted octanol–water partition coefficient (Wildman–Crippen LogP) is 6.79. The van der Waals surface area contributed by atoms with Crippen LogP contribution in [-0.2, 0) is 0 Å². The average molecular weight is 475 g/mol. The zero-order valence-corrected chi connectivity index (χ0v) is 18.6. The van der Waals surface area contributed by atoms with Crippen LogP contribution in [0.3, 0.4) is 0 Å². The van der Waals surface area contributed by atoms with Crippen molar-refractivity contribution >= 4 is 33.8 Å². The van der Waals surface area contributed by atoms with Crippen LogP contribution in [0.15, 0.2) is 88.8 Å². The van der Waals surface area contributed by atoms with Gasteiger partial charge in [-0.1, -0.05) is 84.1 Å². The van der Waals surface area contributed by atoms with Gasteiger partial charge < -0.3 is 0 Å². The molecule has 4 nitrogen and oxygen atoms in total. The molecule has 4 aromatic rings. The molecule has 34 heavy (non-hydrogen) atoms. The van der Waals surface area contributed by atoms with Crippen molar-refractivity contribution in [3.05, 3.63) is 107 Å². The van der Waals surface area contributed by atoms with E-state index in [-0.39, 0.29) is 16.7 Å². The monoisotopic (exact) mass is 475 g/mol. The van der Waals surface area contributed by atoms with E-state index in [9.17, 15) is 18.0 Å². The number of hydrogen-bond donors (Lipinski definition) is 0. The second-order valence-electron chi connectivity index (χ2n) is 7.59. The van der Waals surface area contributed by atoms with E-state index in [1.165, 1.54) is 17.4 Å². The Balaban J connectivity index is 1.65. The van der Waals surface area contributed by atoms with Gasteiger partial charge in [0.25, 0.3) is 5.91 Å². The quantitative estimate of drug-likeness (QED) is 0.305. The number of thiazole rings is 1. The molecule has 168 valence electrons. The third-order valence-electron chi connectivity index (χ3n) is 5.35. The van der Waals surface area contributed by atoms with Crippen molar-refractivity contribution in [3.63, 3.8) is 0 Å². The van der Waals surface area contributed by atoms with Gasteiger partial charge in [0.2, 0.25) is 5.13 Å². The lowest BCUT2D eigenvalue weighted by Gasteiger charge is -2.11. The van der Waals surface area contributed by atoms with Crippen LogP contribution in [0.1, 0.15) is 32.7 Å². The van der Waals surface area contributed by atoms with Crippen LogP contribution < -0.4 is 0 Å². The van der Waals surface area contributed by atoms with Gasteiger partial charge in [-0.25, -0.2) is 15.0 Å². The number of halogens is 3. The molecule has 0 N–H and O–H groups in total. The zero-order chi connectivity index (χ0) is 23.9. The van der Waals surface area contributed by atoms with Gasteiger partial charge in [0.05, 0.1) is 21.8 Å². The van der Waals surface area contributed by atoms with E-state index in [4.69, 9.17) is 4.99 Å². The SMILES string of the molecule is Cc1nc(N=C(c2ccccc2)c2ccccc2)sc1-c1cccc2c1C(C(F)(F)F)=NC2=O. The van der Waals surface area contributed by atoms with Gasteiger partial charge in [0, 0.05) is 22.3 Å². The van der Waals surface area contributed by atoms with Gasteiger partial charge in [-0.3, -0.25) is 4.79 Å². The Kier molecular flexibility index (Phi) is 5.45. The highest BCUT2D eigenvalue weighted by Gasteiger charge is 2.44. The summed E-state index contributed by atoms with van der Waals surface area (Å²) in [5, 5.41) is 0.405. The molecule has 5 rings (SSSR count). The van der Waals surface area contributed by atoms with Crippen LogP contribution in [0.5, 0.6) is 0 Å². The molecule has 0 atom stereocenters. The van der Waals surface area contributed by atoms with Crippen molar-refractivity contribution in [1.29, 1.82) is 0 Å². The third-order valence-corrected chi connectivity index (χ3v) is 6.43. The van der Waals surface area contributed by atoms with Crippen molar-refractivity contribution in [3.8, 4) is 10.4 Å². The number of aliphatic imine (C=N–C) groups is 2. The van der Waals surface area contributed by atoms with Crippen LogP contribution in [0.25, 0.3) is 10.4 Å². The fourth-order valence-corrected chi connectivity index (χ4v) is 4.84. The molecule has 8 heteroatoms. The Hall–Kier alpha value is -3.91. The number of hydrogen-bond acceptors (Lipinski definition) is 4. The summed E-state index contributed by atoms with van der Waals surface area (Å²) < 4.78 is 40.9. The van der Waals surface area contributed by atoms with Crippen LogP contribution >= 0.6 is 11.3 Å². The third kappa shape index (κ3) is 3.97. The highest BCUT2D eigenvalue weighted by atomic mass is 32.1. The number of carbonyl (C=O) groups is 1. The fraction of sp³-hybridized carbons (Fsp3) is 0.0769. The van der Waals surface area contributed by atoms with E-state index in [1.807, 2.05) is 60.7 Å². The molecule has 3 aromatic carbocycles. The Morgan fingerprint density at radius 1 is 0.853 bits per heavy atom. The second kappa shape index (κ2) is 8.46. The molecule has 1 aliphatic rings. The summed E-state index contributed by atoms with van der Waals surface area (Å²) in [7, 11) is 0. The lowest BCUT2D eigenvalue weighted by atomic mass is 9.97. The van der Waals surface area contributed by atoms with Crippen LogP contribution in [0, 0.1) is 6.92 Å². The molecule has 0 aliphatic carbocycles. The summed E-state index contributed by atoms with van der Waals surface area (Å²) in [5.41, 5.74) is 1.85. The summed E-state index contributed by atoms with van der Waals surface area (Å²) in [5.74, 6) is -0.889. The van der Waals surface area contributed by atoms with Crippen molar-refractivity contribution in [2.45, 2.75) is 13.1 Å². The average Bonchev–Trinajstić information content (AvgIpc) is 3.38. The van der Waals surface area contributed by atoms with Gasteiger partial charge in [0.15, 0.2) is 5.71 Å². The largest absolute Gasteiger partial charge is 0.434 e. The van der Waals surface area contributed by atoms with E-state index in [0.29, 0.717) is 21.4 Å². The maximum Gasteiger partial charge on any atom is 0.434 e. The van der Waals surface area contributed by atoms with E-state index in [0.717, 1.165) is 11.1 Å². The standard InChI is InChI=1S/C26H16F3N3OS/c1-15-22(18-13-8-14-19-20(18)23(26(27,28)29)32-24(19)33)34-25(30-15)31-21(16-9-4-2-5-10-16)17-11-6-3-7-12-17/h2-14H,1H3. The second-order valence-corrected chi connectivity index (χ2v) is 8.57. The van der Waals surface area contributed by atoms with Crippen molar-refractivity contribution in [2.75, 3.05) is 0 Å². The van der Waals surface area contributed by atoms with Crippen LogP contribution in [0.4, 0.5) is 18.3 Å². The Bertz CT molecular complexity index is 1410. The minimum Gasteiger partial charge on any atom is -0.267 e. The lowest BCUT2D eigenvalue weighted by Crippen LogP contribution is -2.23. The number of rotatable bonds is 4. The molecule has 0 unspecified atom stereocenters. The van der Waals surface area contributed by atoms with Crippen molar-refractivity contribution in [2.24, 2.45) is 9.98 Å². The molecule has 2 heterocycles. The zero-order valence-electron chi connectivity index (χ0n) is 17.8. The van der Waals surface area contributed by atoms with Gasteiger partial charge in [-0.2, -0.15) is 13.2 Å². The predicted molar refractivity (Wildman–Crippen MR) is 127 cm³/mol. The molecule has 0 spiro atoms. The number of carbonyl (C=O) groups excluding carboxylic acids is 1. The first-order valence-corrected chi connectivity index (χ1v) is 11.2. The molecular formula is C26H16F3N3OS. The number of aryl methyl sites for hydroxylation is 1. The first kappa shape index (κ1) is 21.9. The Morgan fingerprint density at radius 3 is 2.03 bits per heavy atom. The summed E-state index contributed by atoms with van der Waals surface area (Å²) in [6.07, 6.45) is -4.75. The van der Waals surface area contributed by atoms with Crippen LogP contribution in [-0.4, -0.2) is 28.5 Å². The van der Waals surface area contributed by atoms with Crippen LogP contribution in [0.2, 0.25) is 0 Å². The summed E-state index contributed by atoms with van der Waals surface area (Å²) in [6.45, 7) is 1.72. The van der Waals surface area contributed by atoms with Crippen molar-refractivity contribution in [1.82, 2.24) is 4.98 Å². The smallest absolute Gasteiger partial charge is 0.267 e. The number of fused-ring (bicyclic) bond motifs is 1. The minimum absolute atomic E-state index is 0.0584. The number of amides is 1. The minimum atomic E-state index is -4.75. The number of alkyl halides is 3. The van der Waals surface area contributed by atoms with Crippen molar-refractivity contribution < 1.29 is 18.0 Å². The normalized spacial score (nSPS) is 12.9. The van der Waals surface area contributed by atoms with Gasteiger partial charge >= 0.3 is 6.18 Å². The first-order valence-electron chi connectivity index (χ1n) is 10.3. The molecule has 0 fully saturated rings. The molecule has 1 aromatic heterocycles. The van der Waals surface area contributed by atoms with E-state index in [1.54, 1.807) is 19.1 Å². The Morgan fingerprint density at radius 2 is 1.44 bits per heavy atom. The number of nitrogens with zero attached hydrogens (tertiary/aromatic N) is 3. The van der Waals surface area contributed by atoms with E-state index >= 15 is 0 Å². The maximum atomic E-state index is 13.6. The lowest BCUT2D eigenvalue weighted by molar-refractivity contribution is -0.0578. The molecule has 1 amide bonds. The number of aromatic nitrogens is 1. The molecule has 0 saturated carbocycles. The fourth-order valence-electron chi connectivity index (χ4n) is 3.86. The van der Waals surface area contributed by atoms with E-state index in [2.05, 4.69) is 9.98 Å². The molecule has 1 aliphatic heterocycles. The van der Waals surface area contributed by atoms with Gasteiger partial charge in [-0.05, 0) is 13.0 Å². The van der Waals surface area contributed by atoms with E-state index < -0.39 is 17.8 Å². The molecule has 0 bridgehead atoms. The number of benzene rings is 3. The first-order chi connectivity index (χ1) is 16.3. The highest BCUT2D eigenvalue weighted by Crippen LogP contribution is 2.41. The van der Waals surface area contributed by atoms with Gasteiger partial charge in [0.1, 0.15) is 0 Å². The molecule has 0 saturated heterocycles. The summed E-state index contributed by atoms with van der Waals surface area (Å²) in [6, 6.07) is 23.7. The molecular weight excluding hydrogens is 459 g/mol. The summed E-state index contributed by atoms with van der Waals surface area (Å²) >= 11 is 1.18. The maximum absolute atomic E-state index is 13.6. The van der Waals surface area contributed by atoms with Gasteiger partial charge in [-0.15, -0.1) is 0 Å². The molecule has 0 radical (unpaired) electrons. The Labute approximate surface area is 197 Å². The topological polar surface area (TPSA) is 54.7 Å².